The van der Waals surface area contributed by atoms with Gasteiger partial charge in [-0.25, -0.2) is 0 Å². The molecule has 1 aromatic rings. The first-order valence-electron chi connectivity index (χ1n) is 5.10. The van der Waals surface area contributed by atoms with Crippen LogP contribution in [0.3, 0.4) is 0 Å². The summed E-state index contributed by atoms with van der Waals surface area (Å²) in [5.74, 6) is 2.49. The highest BCUT2D eigenvalue weighted by atomic mass is 16.1. The van der Waals surface area contributed by atoms with E-state index in [4.69, 9.17) is 6.42 Å². The summed E-state index contributed by atoms with van der Waals surface area (Å²) in [6, 6.07) is 7.84. The molecule has 0 aromatic heterocycles. The van der Waals surface area contributed by atoms with Crippen LogP contribution in [0.15, 0.2) is 24.3 Å². The first kappa shape index (κ1) is 9.95. The van der Waals surface area contributed by atoms with E-state index in [1.54, 1.807) is 0 Å². The molecule has 2 heteroatoms. The fourth-order valence-electron chi connectivity index (χ4n) is 1.99. The Bertz CT molecular complexity index is 417. The van der Waals surface area contributed by atoms with Crippen molar-refractivity contribution in [1.29, 1.82) is 0 Å². The molecule has 0 saturated heterocycles. The Labute approximate surface area is 89.7 Å². The van der Waals surface area contributed by atoms with E-state index in [9.17, 15) is 4.79 Å². The summed E-state index contributed by atoms with van der Waals surface area (Å²) in [6.07, 6.45) is 6.34. The third kappa shape index (κ3) is 1.93. The Morgan fingerprint density at radius 2 is 2.33 bits per heavy atom. The maximum Gasteiger partial charge on any atom is 0.166 e. The molecule has 0 aliphatic carbocycles. The highest BCUT2D eigenvalue weighted by molar-refractivity contribution is 5.87. The Hall–Kier alpha value is -1.59. The summed E-state index contributed by atoms with van der Waals surface area (Å²) in [5, 5.41) is 3.21. The zero-order chi connectivity index (χ0) is 10.7. The maximum atomic E-state index is 11.8. The van der Waals surface area contributed by atoms with E-state index in [0.29, 0.717) is 0 Å². The standard InChI is InChI=1S/C13H13NO/c1-2-5-12(15)13-11-7-4-3-6-10(11)8-9-14-13/h1,3-4,6-7,13-14H,5,8-9H2. The van der Waals surface area contributed by atoms with Crippen molar-refractivity contribution < 1.29 is 4.79 Å². The van der Waals surface area contributed by atoms with Crippen LogP contribution in [-0.4, -0.2) is 12.3 Å². The van der Waals surface area contributed by atoms with Crippen molar-refractivity contribution in [3.8, 4) is 12.3 Å². The molecule has 1 aromatic carbocycles. The van der Waals surface area contributed by atoms with Crippen molar-refractivity contribution in [3.63, 3.8) is 0 Å². The lowest BCUT2D eigenvalue weighted by Gasteiger charge is -2.25. The van der Waals surface area contributed by atoms with Crippen molar-refractivity contribution in [2.45, 2.75) is 18.9 Å². The van der Waals surface area contributed by atoms with Crippen LogP contribution in [-0.2, 0) is 11.2 Å². The fraction of sp³-hybridized carbons (Fsp3) is 0.308. The molecule has 0 spiro atoms. The molecular formula is C13H13NO. The number of hydrogen-bond acceptors (Lipinski definition) is 2. The van der Waals surface area contributed by atoms with Crippen LogP contribution >= 0.6 is 0 Å². The van der Waals surface area contributed by atoms with Crippen LogP contribution in [0.25, 0.3) is 0 Å². The average Bonchev–Trinajstić information content (AvgIpc) is 2.28. The third-order valence-electron chi connectivity index (χ3n) is 2.71. The number of hydrogen-bond donors (Lipinski definition) is 1. The van der Waals surface area contributed by atoms with Gasteiger partial charge in [-0.15, -0.1) is 6.42 Å². The highest BCUT2D eigenvalue weighted by Gasteiger charge is 2.24. The van der Waals surface area contributed by atoms with Crippen LogP contribution in [0.4, 0.5) is 0 Å². The van der Waals surface area contributed by atoms with Crippen LogP contribution in [0.1, 0.15) is 23.6 Å². The topological polar surface area (TPSA) is 29.1 Å². The van der Waals surface area contributed by atoms with Gasteiger partial charge in [0.2, 0.25) is 0 Å². The number of carbonyl (C=O) groups excluding carboxylic acids is 1. The van der Waals surface area contributed by atoms with E-state index >= 15 is 0 Å². The second-order valence-electron chi connectivity index (χ2n) is 3.68. The molecule has 2 nitrogen and oxygen atoms in total. The van der Waals surface area contributed by atoms with Crippen molar-refractivity contribution >= 4 is 5.78 Å². The van der Waals surface area contributed by atoms with Crippen molar-refractivity contribution in [1.82, 2.24) is 5.32 Å². The molecule has 0 bridgehead atoms. The Balaban J connectivity index is 2.30. The lowest BCUT2D eigenvalue weighted by atomic mass is 9.91. The van der Waals surface area contributed by atoms with Gasteiger partial charge in [0.1, 0.15) is 0 Å². The number of nitrogens with one attached hydrogen (secondary N) is 1. The summed E-state index contributed by atoms with van der Waals surface area (Å²) in [5.41, 5.74) is 2.34. The third-order valence-corrected chi connectivity index (χ3v) is 2.71. The average molecular weight is 199 g/mol. The van der Waals surface area contributed by atoms with Gasteiger partial charge in [-0.1, -0.05) is 30.2 Å². The monoisotopic (exact) mass is 199 g/mol. The number of carbonyl (C=O) groups is 1. The molecule has 15 heavy (non-hydrogen) atoms. The Kier molecular flexibility index (Phi) is 2.84. The van der Waals surface area contributed by atoms with Crippen LogP contribution in [0.5, 0.6) is 0 Å². The molecule has 0 fully saturated rings. The van der Waals surface area contributed by atoms with Gasteiger partial charge in [0.05, 0.1) is 12.5 Å². The summed E-state index contributed by atoms with van der Waals surface area (Å²) < 4.78 is 0. The predicted molar refractivity (Wildman–Crippen MR) is 59.3 cm³/mol. The molecule has 1 unspecified atom stereocenters. The van der Waals surface area contributed by atoms with Gasteiger partial charge in [-0.3, -0.25) is 4.79 Å². The Morgan fingerprint density at radius 1 is 1.53 bits per heavy atom. The molecule has 1 heterocycles. The first-order valence-corrected chi connectivity index (χ1v) is 5.10. The van der Waals surface area contributed by atoms with Gasteiger partial charge < -0.3 is 5.32 Å². The van der Waals surface area contributed by atoms with E-state index in [2.05, 4.69) is 17.3 Å². The number of terminal acetylenes is 1. The van der Waals surface area contributed by atoms with Gasteiger partial charge in [0.25, 0.3) is 0 Å². The normalized spacial score (nSPS) is 19.0. The maximum absolute atomic E-state index is 11.8. The van der Waals surface area contributed by atoms with Crippen molar-refractivity contribution in [2.75, 3.05) is 6.54 Å². The molecule has 76 valence electrons. The SMILES string of the molecule is C#CCC(=O)C1NCCc2ccccc21. The summed E-state index contributed by atoms with van der Waals surface area (Å²) in [7, 11) is 0. The number of ketones is 1. The second kappa shape index (κ2) is 4.29. The number of Topliss-reactive ketones (excluding diaryl/α,β-unsaturated/α-hetero) is 1. The van der Waals surface area contributed by atoms with Crippen LogP contribution in [0.2, 0.25) is 0 Å². The quantitative estimate of drug-likeness (QED) is 0.731. The van der Waals surface area contributed by atoms with E-state index in [-0.39, 0.29) is 18.2 Å². The summed E-state index contributed by atoms with van der Waals surface area (Å²) in [4.78, 5) is 11.8. The Morgan fingerprint density at radius 3 is 3.13 bits per heavy atom. The molecule has 1 N–H and O–H groups in total. The lowest BCUT2D eigenvalue weighted by Crippen LogP contribution is -2.34. The molecule has 0 saturated carbocycles. The van der Waals surface area contributed by atoms with Crippen LogP contribution < -0.4 is 5.32 Å². The fourth-order valence-corrected chi connectivity index (χ4v) is 1.99. The number of fused-ring (bicyclic) bond motifs is 1. The smallest absolute Gasteiger partial charge is 0.166 e. The van der Waals surface area contributed by atoms with Gasteiger partial charge >= 0.3 is 0 Å². The van der Waals surface area contributed by atoms with E-state index in [1.165, 1.54) is 5.56 Å². The molecule has 2 rings (SSSR count). The van der Waals surface area contributed by atoms with Crippen LogP contribution in [0, 0.1) is 12.3 Å². The largest absolute Gasteiger partial charge is 0.303 e. The van der Waals surface area contributed by atoms with E-state index in [1.807, 2.05) is 18.2 Å². The van der Waals surface area contributed by atoms with E-state index < -0.39 is 0 Å². The minimum Gasteiger partial charge on any atom is -0.303 e. The second-order valence-corrected chi connectivity index (χ2v) is 3.68. The molecule has 0 radical (unpaired) electrons. The summed E-state index contributed by atoms with van der Waals surface area (Å²) in [6.45, 7) is 0.845. The van der Waals surface area contributed by atoms with E-state index in [0.717, 1.165) is 18.5 Å². The van der Waals surface area contributed by atoms with Gasteiger partial charge in [-0.2, -0.15) is 0 Å². The first-order chi connectivity index (χ1) is 7.33. The number of rotatable bonds is 2. The minimum absolute atomic E-state index is 0.0876. The zero-order valence-corrected chi connectivity index (χ0v) is 8.49. The highest BCUT2D eigenvalue weighted by Crippen LogP contribution is 2.23. The molecule has 1 atom stereocenters. The molecule has 0 amide bonds. The zero-order valence-electron chi connectivity index (χ0n) is 8.49. The minimum atomic E-state index is -0.203. The van der Waals surface area contributed by atoms with Gasteiger partial charge in [0, 0.05) is 6.54 Å². The van der Waals surface area contributed by atoms with Gasteiger partial charge in [-0.05, 0) is 17.5 Å². The molecule has 1 aliphatic rings. The van der Waals surface area contributed by atoms with Crippen molar-refractivity contribution in [2.24, 2.45) is 0 Å². The van der Waals surface area contributed by atoms with Crippen molar-refractivity contribution in [3.05, 3.63) is 35.4 Å². The predicted octanol–water partition coefficient (Wildman–Crippen LogP) is 1.47. The summed E-state index contributed by atoms with van der Waals surface area (Å²) >= 11 is 0. The number of benzene rings is 1. The molecular weight excluding hydrogens is 186 g/mol. The molecule has 1 aliphatic heterocycles. The lowest BCUT2D eigenvalue weighted by molar-refractivity contribution is -0.120. The van der Waals surface area contributed by atoms with Gasteiger partial charge in [0.15, 0.2) is 5.78 Å².